The molecule has 0 unspecified atom stereocenters. The maximum absolute atomic E-state index is 12.0. The third-order valence-electron chi connectivity index (χ3n) is 3.11. The number of aromatic nitrogens is 2. The lowest BCUT2D eigenvalue weighted by Crippen LogP contribution is -2.21. The molecule has 1 amide bonds. The lowest BCUT2D eigenvalue weighted by atomic mass is 10.1. The number of nitriles is 1. The van der Waals surface area contributed by atoms with Crippen molar-refractivity contribution in [3.63, 3.8) is 0 Å². The molecule has 21 heavy (non-hydrogen) atoms. The number of fused-ring (bicyclic) bond motifs is 1. The molecule has 0 radical (unpaired) electrons. The van der Waals surface area contributed by atoms with Gasteiger partial charge < -0.3 is 10.3 Å². The van der Waals surface area contributed by atoms with Gasteiger partial charge in [-0.05, 0) is 48.3 Å². The van der Waals surface area contributed by atoms with Crippen LogP contribution in [0.1, 0.15) is 26.6 Å². The predicted octanol–water partition coefficient (Wildman–Crippen LogP) is 2.73. The van der Waals surface area contributed by atoms with E-state index in [4.69, 9.17) is 5.26 Å². The lowest BCUT2D eigenvalue weighted by Gasteiger charge is -2.03. The number of H-pyrrole nitrogens is 1. The summed E-state index contributed by atoms with van der Waals surface area (Å²) >= 11 is 1.20. The molecule has 3 rings (SSSR count). The number of nitrogens with one attached hydrogen (secondary N) is 2. The van der Waals surface area contributed by atoms with Crippen LogP contribution in [0, 0.1) is 18.3 Å². The van der Waals surface area contributed by atoms with Crippen molar-refractivity contribution in [3.8, 4) is 6.07 Å². The number of amides is 1. The monoisotopic (exact) mass is 296 g/mol. The van der Waals surface area contributed by atoms with Gasteiger partial charge in [-0.3, -0.25) is 4.79 Å². The van der Waals surface area contributed by atoms with Crippen LogP contribution in [-0.4, -0.2) is 15.3 Å². The minimum atomic E-state index is -0.118. The summed E-state index contributed by atoms with van der Waals surface area (Å²) in [5.41, 5.74) is 3.29. The van der Waals surface area contributed by atoms with Gasteiger partial charge in [0.15, 0.2) is 0 Å². The van der Waals surface area contributed by atoms with Crippen LogP contribution < -0.4 is 5.32 Å². The van der Waals surface area contributed by atoms with Crippen molar-refractivity contribution in [3.05, 3.63) is 52.2 Å². The Kier molecular flexibility index (Phi) is 3.42. The molecule has 0 aliphatic heterocycles. The number of carbonyl (C=O) groups excluding carboxylic acids is 1. The zero-order valence-electron chi connectivity index (χ0n) is 11.3. The fraction of sp³-hybridized carbons (Fsp3) is 0.133. The van der Waals surface area contributed by atoms with Gasteiger partial charge in [0.2, 0.25) is 0 Å². The minimum Gasteiger partial charge on any atom is -0.347 e. The summed E-state index contributed by atoms with van der Waals surface area (Å²) in [7, 11) is 0. The molecule has 6 heteroatoms. The summed E-state index contributed by atoms with van der Waals surface area (Å²) in [6.07, 6.45) is 0. The molecule has 0 saturated carbocycles. The molecule has 0 fully saturated rings. The van der Waals surface area contributed by atoms with Crippen LogP contribution in [0.25, 0.3) is 10.9 Å². The highest BCUT2D eigenvalue weighted by molar-refractivity contribution is 7.08. The maximum Gasteiger partial charge on any atom is 0.263 e. The zero-order valence-corrected chi connectivity index (χ0v) is 12.1. The second kappa shape index (κ2) is 5.38. The Morgan fingerprint density at radius 1 is 1.43 bits per heavy atom. The van der Waals surface area contributed by atoms with E-state index in [-0.39, 0.29) is 5.91 Å². The third kappa shape index (κ3) is 2.78. The number of nitrogens with zero attached hydrogens (tertiary/aromatic N) is 2. The summed E-state index contributed by atoms with van der Waals surface area (Å²) in [6.45, 7) is 2.30. The quantitative estimate of drug-likeness (QED) is 0.779. The first-order valence-corrected chi connectivity index (χ1v) is 7.16. The van der Waals surface area contributed by atoms with Crippen molar-refractivity contribution < 1.29 is 4.79 Å². The van der Waals surface area contributed by atoms with Crippen LogP contribution in [0.15, 0.2) is 30.3 Å². The van der Waals surface area contributed by atoms with Gasteiger partial charge in [0.05, 0.1) is 5.69 Å². The van der Waals surface area contributed by atoms with Crippen molar-refractivity contribution in [2.24, 2.45) is 0 Å². The molecule has 104 valence electrons. The van der Waals surface area contributed by atoms with Crippen molar-refractivity contribution in [1.29, 1.82) is 5.26 Å². The number of hydrogen-bond acceptors (Lipinski definition) is 4. The highest BCUT2D eigenvalue weighted by Gasteiger charge is 2.09. The molecule has 1 aromatic carbocycles. The normalized spacial score (nSPS) is 10.5. The minimum absolute atomic E-state index is 0.118. The maximum atomic E-state index is 12.0. The molecule has 2 aromatic heterocycles. The van der Waals surface area contributed by atoms with Crippen LogP contribution in [0.2, 0.25) is 0 Å². The number of aromatic amines is 1. The molecule has 0 aliphatic rings. The first-order chi connectivity index (χ1) is 10.2. The van der Waals surface area contributed by atoms with E-state index in [1.165, 1.54) is 11.5 Å². The van der Waals surface area contributed by atoms with E-state index < -0.39 is 0 Å². The Morgan fingerprint density at radius 2 is 2.29 bits per heavy atom. The molecule has 0 atom stereocenters. The van der Waals surface area contributed by atoms with Gasteiger partial charge in [0.25, 0.3) is 5.91 Å². The first kappa shape index (κ1) is 13.3. The Morgan fingerprint density at radius 3 is 3.00 bits per heavy atom. The van der Waals surface area contributed by atoms with E-state index in [1.807, 2.05) is 25.1 Å². The van der Waals surface area contributed by atoms with Crippen LogP contribution in [0.5, 0.6) is 0 Å². The summed E-state index contributed by atoms with van der Waals surface area (Å²) in [5, 5.41) is 12.7. The fourth-order valence-electron chi connectivity index (χ4n) is 2.09. The molecule has 3 aromatic rings. The smallest absolute Gasteiger partial charge is 0.263 e. The van der Waals surface area contributed by atoms with Crippen LogP contribution >= 0.6 is 11.5 Å². The molecule has 2 N–H and O–H groups in total. The third-order valence-corrected chi connectivity index (χ3v) is 3.99. The predicted molar refractivity (Wildman–Crippen MR) is 81.0 cm³/mol. The van der Waals surface area contributed by atoms with Crippen molar-refractivity contribution in [2.75, 3.05) is 0 Å². The molecule has 0 aliphatic carbocycles. The first-order valence-electron chi connectivity index (χ1n) is 6.39. The Hall–Kier alpha value is -2.65. The van der Waals surface area contributed by atoms with E-state index in [0.29, 0.717) is 17.1 Å². The van der Waals surface area contributed by atoms with E-state index in [2.05, 4.69) is 20.7 Å². The molecule has 5 nitrogen and oxygen atoms in total. The van der Waals surface area contributed by atoms with Crippen LogP contribution in [0.3, 0.4) is 0 Å². The average molecular weight is 296 g/mol. The largest absolute Gasteiger partial charge is 0.347 e. The van der Waals surface area contributed by atoms with E-state index in [9.17, 15) is 4.79 Å². The summed E-state index contributed by atoms with van der Waals surface area (Å²) in [5.74, 6) is -0.118. The number of aryl methyl sites for hydroxylation is 1. The zero-order chi connectivity index (χ0) is 14.8. The Balaban J connectivity index is 1.73. The van der Waals surface area contributed by atoms with Gasteiger partial charge >= 0.3 is 0 Å². The van der Waals surface area contributed by atoms with E-state index in [1.54, 1.807) is 12.1 Å². The standard InChI is InChI=1S/C15H12N4OS/c1-9-4-14(21-19-9)15(20)17-8-10-2-3-13-11(5-10)6-12(7-16)18-13/h2-6,18H,8H2,1H3,(H,17,20). The van der Waals surface area contributed by atoms with Gasteiger partial charge in [0, 0.05) is 17.4 Å². The van der Waals surface area contributed by atoms with Crippen molar-refractivity contribution in [2.45, 2.75) is 13.5 Å². The number of hydrogen-bond donors (Lipinski definition) is 2. The van der Waals surface area contributed by atoms with Gasteiger partial charge in [-0.25, -0.2) is 0 Å². The van der Waals surface area contributed by atoms with Crippen LogP contribution in [0.4, 0.5) is 0 Å². The Bertz CT molecular complexity index is 856. The summed E-state index contributed by atoms with van der Waals surface area (Å²) in [6, 6.07) is 11.5. The van der Waals surface area contributed by atoms with E-state index >= 15 is 0 Å². The molecule has 0 bridgehead atoms. The van der Waals surface area contributed by atoms with E-state index in [0.717, 1.165) is 22.2 Å². The van der Waals surface area contributed by atoms with Crippen molar-refractivity contribution >= 4 is 28.3 Å². The summed E-state index contributed by atoms with van der Waals surface area (Å²) in [4.78, 5) is 15.6. The Labute approximate surface area is 125 Å². The highest BCUT2D eigenvalue weighted by Crippen LogP contribution is 2.17. The number of rotatable bonds is 3. The van der Waals surface area contributed by atoms with Gasteiger partial charge in [-0.1, -0.05) is 6.07 Å². The SMILES string of the molecule is Cc1cc(C(=O)NCc2ccc3[nH]c(C#N)cc3c2)sn1. The van der Waals surface area contributed by atoms with Gasteiger partial charge in [-0.15, -0.1) is 0 Å². The molecule has 0 spiro atoms. The lowest BCUT2D eigenvalue weighted by molar-refractivity contribution is 0.0955. The molecular weight excluding hydrogens is 284 g/mol. The van der Waals surface area contributed by atoms with Crippen molar-refractivity contribution in [1.82, 2.24) is 14.7 Å². The van der Waals surface area contributed by atoms with Gasteiger partial charge in [-0.2, -0.15) is 9.64 Å². The molecule has 2 heterocycles. The molecular formula is C15H12N4OS. The highest BCUT2D eigenvalue weighted by atomic mass is 32.1. The summed E-state index contributed by atoms with van der Waals surface area (Å²) < 4.78 is 4.09. The average Bonchev–Trinajstić information content (AvgIpc) is 3.09. The number of benzene rings is 1. The topological polar surface area (TPSA) is 81.6 Å². The second-order valence-electron chi connectivity index (χ2n) is 4.73. The second-order valence-corrected chi connectivity index (χ2v) is 5.54. The van der Waals surface area contributed by atoms with Crippen LogP contribution in [-0.2, 0) is 6.54 Å². The molecule has 0 saturated heterocycles. The fourth-order valence-corrected chi connectivity index (χ4v) is 2.77. The van der Waals surface area contributed by atoms with Gasteiger partial charge in [0.1, 0.15) is 16.6 Å². The number of carbonyl (C=O) groups is 1.